The van der Waals surface area contributed by atoms with Gasteiger partial charge in [-0.2, -0.15) is 0 Å². The highest BCUT2D eigenvalue weighted by Crippen LogP contribution is 2.38. The van der Waals surface area contributed by atoms with E-state index in [1.807, 2.05) is 32.6 Å². The molecule has 2 unspecified atom stereocenters. The summed E-state index contributed by atoms with van der Waals surface area (Å²) in [4.78, 5) is 27.6. The van der Waals surface area contributed by atoms with E-state index in [-0.39, 0.29) is 28.8 Å². The molecule has 21 heavy (non-hydrogen) atoms. The molecule has 1 N–H and O–H groups in total. The van der Waals surface area contributed by atoms with Crippen LogP contribution in [0.25, 0.3) is 0 Å². The zero-order chi connectivity index (χ0) is 15.8. The van der Waals surface area contributed by atoms with E-state index in [1.165, 1.54) is 6.42 Å². The second-order valence-corrected chi connectivity index (χ2v) is 8.00. The maximum absolute atomic E-state index is 13.1. The lowest BCUT2D eigenvalue weighted by Crippen LogP contribution is -2.71. The molecule has 1 aliphatic heterocycles. The topological polar surface area (TPSA) is 49.4 Å². The van der Waals surface area contributed by atoms with Crippen LogP contribution in [0.2, 0.25) is 0 Å². The maximum Gasteiger partial charge on any atom is 0.246 e. The standard InChI is InChI=1S/C17H30N2O2/c1-6-12-14(20)18-13(16(2,3)4)15(21)19(12)17(5)10-8-7-9-11-17/h12-13H,6-11H2,1-5H3,(H,18,20). The Morgan fingerprint density at radius 1 is 1.19 bits per heavy atom. The first-order chi connectivity index (χ1) is 9.70. The Hall–Kier alpha value is -1.06. The number of amides is 2. The maximum atomic E-state index is 13.1. The Morgan fingerprint density at radius 3 is 2.24 bits per heavy atom. The molecule has 0 bridgehead atoms. The van der Waals surface area contributed by atoms with Gasteiger partial charge in [0.1, 0.15) is 12.1 Å². The average molecular weight is 294 g/mol. The minimum atomic E-state index is -0.411. The third-order valence-corrected chi connectivity index (χ3v) is 5.15. The molecular weight excluding hydrogens is 264 g/mol. The van der Waals surface area contributed by atoms with Crippen LogP contribution >= 0.6 is 0 Å². The summed E-state index contributed by atoms with van der Waals surface area (Å²) in [5.74, 6) is 0.127. The van der Waals surface area contributed by atoms with E-state index in [9.17, 15) is 9.59 Å². The molecule has 2 amide bonds. The molecule has 2 fully saturated rings. The van der Waals surface area contributed by atoms with Crippen molar-refractivity contribution in [1.82, 2.24) is 10.2 Å². The first-order valence-corrected chi connectivity index (χ1v) is 8.34. The number of nitrogens with zero attached hydrogens (tertiary/aromatic N) is 1. The summed E-state index contributed by atoms with van der Waals surface area (Å²) in [6.07, 6.45) is 6.25. The number of hydrogen-bond acceptors (Lipinski definition) is 2. The Balaban J connectivity index is 2.37. The van der Waals surface area contributed by atoms with Crippen molar-refractivity contribution < 1.29 is 9.59 Å². The van der Waals surface area contributed by atoms with Crippen LogP contribution in [0.5, 0.6) is 0 Å². The van der Waals surface area contributed by atoms with Gasteiger partial charge in [0.15, 0.2) is 0 Å². The van der Waals surface area contributed by atoms with Gasteiger partial charge in [-0.3, -0.25) is 9.59 Å². The van der Waals surface area contributed by atoms with Crippen molar-refractivity contribution in [2.45, 2.75) is 90.8 Å². The van der Waals surface area contributed by atoms with E-state index in [4.69, 9.17) is 0 Å². The van der Waals surface area contributed by atoms with E-state index in [0.29, 0.717) is 6.42 Å². The van der Waals surface area contributed by atoms with Crippen LogP contribution in [0.4, 0.5) is 0 Å². The molecule has 0 aromatic heterocycles. The summed E-state index contributed by atoms with van der Waals surface area (Å²) >= 11 is 0. The second kappa shape index (κ2) is 5.62. The number of carbonyl (C=O) groups is 2. The van der Waals surface area contributed by atoms with Crippen LogP contribution in [0, 0.1) is 5.41 Å². The van der Waals surface area contributed by atoms with Gasteiger partial charge in [0.05, 0.1) is 0 Å². The Kier molecular flexibility index (Phi) is 4.36. The number of nitrogens with one attached hydrogen (secondary N) is 1. The summed E-state index contributed by atoms with van der Waals surface area (Å²) in [5, 5.41) is 2.96. The molecule has 1 saturated heterocycles. The van der Waals surface area contributed by atoms with Crippen molar-refractivity contribution in [3.8, 4) is 0 Å². The van der Waals surface area contributed by atoms with Gasteiger partial charge in [0.25, 0.3) is 0 Å². The molecule has 0 spiro atoms. The van der Waals surface area contributed by atoms with E-state index in [0.717, 1.165) is 25.7 Å². The SMILES string of the molecule is CCC1C(=O)NC(C(C)(C)C)C(=O)N1C1(C)CCCCC1. The molecule has 0 aromatic carbocycles. The lowest BCUT2D eigenvalue weighted by atomic mass is 9.77. The number of hydrogen-bond donors (Lipinski definition) is 1. The number of piperazine rings is 1. The molecular formula is C17H30N2O2. The predicted molar refractivity (Wildman–Crippen MR) is 83.8 cm³/mol. The summed E-state index contributed by atoms with van der Waals surface area (Å²) in [6.45, 7) is 10.2. The van der Waals surface area contributed by atoms with Crippen molar-refractivity contribution in [3.63, 3.8) is 0 Å². The van der Waals surface area contributed by atoms with Crippen molar-refractivity contribution in [1.29, 1.82) is 0 Å². The van der Waals surface area contributed by atoms with Crippen LogP contribution in [0.3, 0.4) is 0 Å². The number of rotatable bonds is 2. The predicted octanol–water partition coefficient (Wildman–Crippen LogP) is 2.86. The lowest BCUT2D eigenvalue weighted by molar-refractivity contribution is -0.161. The lowest BCUT2D eigenvalue weighted by Gasteiger charge is -2.52. The van der Waals surface area contributed by atoms with Crippen LogP contribution in [0.1, 0.15) is 73.1 Å². The first kappa shape index (κ1) is 16.3. The first-order valence-electron chi connectivity index (χ1n) is 8.34. The minimum Gasteiger partial charge on any atom is -0.342 e. The largest absolute Gasteiger partial charge is 0.342 e. The Labute approximate surface area is 128 Å². The quantitative estimate of drug-likeness (QED) is 0.851. The van der Waals surface area contributed by atoms with Crippen molar-refractivity contribution >= 4 is 11.8 Å². The molecule has 0 radical (unpaired) electrons. The zero-order valence-electron chi connectivity index (χ0n) is 14.2. The summed E-state index contributed by atoms with van der Waals surface area (Å²) in [7, 11) is 0. The molecule has 2 rings (SSSR count). The number of carbonyl (C=O) groups excluding carboxylic acids is 2. The zero-order valence-corrected chi connectivity index (χ0v) is 14.2. The molecule has 0 aromatic rings. The summed E-state index contributed by atoms with van der Waals surface area (Å²) < 4.78 is 0. The highest BCUT2D eigenvalue weighted by Gasteiger charge is 2.50. The van der Waals surface area contributed by atoms with Gasteiger partial charge in [-0.05, 0) is 31.6 Å². The highest BCUT2D eigenvalue weighted by atomic mass is 16.2. The molecule has 4 nitrogen and oxygen atoms in total. The third kappa shape index (κ3) is 2.95. The fourth-order valence-corrected chi connectivity index (χ4v) is 3.86. The van der Waals surface area contributed by atoms with E-state index in [2.05, 4.69) is 12.2 Å². The van der Waals surface area contributed by atoms with Crippen molar-refractivity contribution in [2.75, 3.05) is 0 Å². The molecule has 2 atom stereocenters. The monoisotopic (exact) mass is 294 g/mol. The van der Waals surface area contributed by atoms with Gasteiger partial charge in [-0.1, -0.05) is 47.0 Å². The van der Waals surface area contributed by atoms with Crippen molar-refractivity contribution in [2.24, 2.45) is 5.41 Å². The van der Waals surface area contributed by atoms with Gasteiger partial charge in [-0.15, -0.1) is 0 Å². The fourth-order valence-electron chi connectivity index (χ4n) is 3.86. The second-order valence-electron chi connectivity index (χ2n) is 8.00. The molecule has 1 heterocycles. The summed E-state index contributed by atoms with van der Waals surface area (Å²) in [6, 6.07) is -0.717. The van der Waals surface area contributed by atoms with Gasteiger partial charge in [0, 0.05) is 5.54 Å². The highest BCUT2D eigenvalue weighted by molar-refractivity contribution is 5.97. The smallest absolute Gasteiger partial charge is 0.246 e. The van der Waals surface area contributed by atoms with Gasteiger partial charge >= 0.3 is 0 Å². The van der Waals surface area contributed by atoms with Gasteiger partial charge < -0.3 is 10.2 Å². The van der Waals surface area contributed by atoms with Gasteiger partial charge in [0.2, 0.25) is 11.8 Å². The third-order valence-electron chi connectivity index (χ3n) is 5.15. The molecule has 1 aliphatic carbocycles. The Morgan fingerprint density at radius 2 is 1.76 bits per heavy atom. The summed E-state index contributed by atoms with van der Waals surface area (Å²) in [5.41, 5.74) is -0.411. The van der Waals surface area contributed by atoms with Crippen LogP contribution in [-0.4, -0.2) is 34.3 Å². The Bertz CT molecular complexity index is 419. The van der Waals surface area contributed by atoms with Crippen LogP contribution in [0.15, 0.2) is 0 Å². The average Bonchev–Trinajstić information content (AvgIpc) is 2.39. The van der Waals surface area contributed by atoms with E-state index >= 15 is 0 Å². The van der Waals surface area contributed by atoms with E-state index < -0.39 is 6.04 Å². The van der Waals surface area contributed by atoms with Gasteiger partial charge in [-0.25, -0.2) is 0 Å². The van der Waals surface area contributed by atoms with Crippen molar-refractivity contribution in [3.05, 3.63) is 0 Å². The minimum absolute atomic E-state index is 0.0174. The van der Waals surface area contributed by atoms with Crippen LogP contribution in [-0.2, 0) is 9.59 Å². The van der Waals surface area contributed by atoms with E-state index in [1.54, 1.807) is 0 Å². The normalized spacial score (nSPS) is 30.2. The molecule has 4 heteroatoms. The fraction of sp³-hybridized carbons (Fsp3) is 0.882. The molecule has 1 saturated carbocycles. The molecule has 2 aliphatic rings. The van der Waals surface area contributed by atoms with Crippen LogP contribution < -0.4 is 5.32 Å². The molecule has 120 valence electrons.